The number of Topliss-reactive ketones (excluding diaryl/α,β-unsaturated/α-hetero) is 1. The fourth-order valence-electron chi connectivity index (χ4n) is 1.80. The Morgan fingerprint density at radius 2 is 1.90 bits per heavy atom. The van der Waals surface area contributed by atoms with Gasteiger partial charge in [-0.3, -0.25) is 4.79 Å². The van der Waals surface area contributed by atoms with Gasteiger partial charge in [-0.15, -0.1) is 11.8 Å². The molecule has 2 aromatic rings. The summed E-state index contributed by atoms with van der Waals surface area (Å²) >= 11 is 5.14. The van der Waals surface area contributed by atoms with Crippen LogP contribution < -0.4 is 4.74 Å². The Kier molecular flexibility index (Phi) is 5.26. The van der Waals surface area contributed by atoms with E-state index in [0.717, 1.165) is 27.1 Å². The van der Waals surface area contributed by atoms with Crippen LogP contribution >= 0.6 is 27.7 Å². The molecule has 0 saturated carbocycles. The number of thioether (sulfide) groups is 1. The highest BCUT2D eigenvalue weighted by Crippen LogP contribution is 2.29. The van der Waals surface area contributed by atoms with Crippen molar-refractivity contribution in [1.82, 2.24) is 0 Å². The maximum absolute atomic E-state index is 11.5. The third-order valence-electron chi connectivity index (χ3n) is 2.89. The molecule has 0 unspecified atom stereocenters. The van der Waals surface area contributed by atoms with E-state index < -0.39 is 0 Å². The summed E-state index contributed by atoms with van der Waals surface area (Å²) in [6.07, 6.45) is 0. The molecule has 20 heavy (non-hydrogen) atoms. The molecule has 2 nitrogen and oxygen atoms in total. The zero-order chi connectivity index (χ0) is 14.5. The Labute approximate surface area is 131 Å². The number of ketones is 1. The van der Waals surface area contributed by atoms with E-state index >= 15 is 0 Å². The maximum atomic E-state index is 11.5. The summed E-state index contributed by atoms with van der Waals surface area (Å²) in [4.78, 5) is 12.6. The van der Waals surface area contributed by atoms with Crippen molar-refractivity contribution < 1.29 is 9.53 Å². The van der Waals surface area contributed by atoms with E-state index in [0.29, 0.717) is 0 Å². The SMILES string of the molecule is COc1ccc(C(C)=O)cc1CSc1ccc(Br)cc1. The van der Waals surface area contributed by atoms with Crippen LogP contribution in [0.25, 0.3) is 0 Å². The summed E-state index contributed by atoms with van der Waals surface area (Å²) in [5, 5.41) is 0. The highest BCUT2D eigenvalue weighted by molar-refractivity contribution is 9.10. The normalized spacial score (nSPS) is 10.3. The van der Waals surface area contributed by atoms with Crippen molar-refractivity contribution in [2.75, 3.05) is 7.11 Å². The van der Waals surface area contributed by atoms with Crippen molar-refractivity contribution in [2.24, 2.45) is 0 Å². The number of hydrogen-bond donors (Lipinski definition) is 0. The maximum Gasteiger partial charge on any atom is 0.159 e. The molecule has 0 radical (unpaired) electrons. The van der Waals surface area contributed by atoms with Gasteiger partial charge in [0.05, 0.1) is 7.11 Å². The van der Waals surface area contributed by atoms with E-state index in [-0.39, 0.29) is 5.78 Å². The number of benzene rings is 2. The van der Waals surface area contributed by atoms with Gasteiger partial charge in [0, 0.05) is 26.2 Å². The molecule has 4 heteroatoms. The molecule has 0 atom stereocenters. The van der Waals surface area contributed by atoms with Crippen LogP contribution in [0.2, 0.25) is 0 Å². The Hall–Kier alpha value is -1.26. The van der Waals surface area contributed by atoms with E-state index in [1.165, 1.54) is 4.90 Å². The molecular formula is C16H15BrO2S. The quantitative estimate of drug-likeness (QED) is 0.563. The largest absolute Gasteiger partial charge is 0.496 e. The number of hydrogen-bond acceptors (Lipinski definition) is 3. The fraction of sp³-hybridized carbons (Fsp3) is 0.188. The summed E-state index contributed by atoms with van der Waals surface area (Å²) in [6, 6.07) is 13.7. The van der Waals surface area contributed by atoms with Gasteiger partial charge >= 0.3 is 0 Å². The van der Waals surface area contributed by atoms with Gasteiger partial charge in [-0.25, -0.2) is 0 Å². The second kappa shape index (κ2) is 6.95. The highest BCUT2D eigenvalue weighted by atomic mass is 79.9. The third kappa shape index (κ3) is 3.87. The average molecular weight is 351 g/mol. The summed E-state index contributed by atoms with van der Waals surface area (Å²) in [5.41, 5.74) is 1.75. The van der Waals surface area contributed by atoms with Crippen LogP contribution in [0.1, 0.15) is 22.8 Å². The molecule has 0 spiro atoms. The first-order valence-corrected chi connectivity index (χ1v) is 7.94. The molecule has 0 fully saturated rings. The zero-order valence-electron chi connectivity index (χ0n) is 11.4. The van der Waals surface area contributed by atoms with E-state index in [1.807, 2.05) is 24.3 Å². The van der Waals surface area contributed by atoms with Crippen LogP contribution in [0.4, 0.5) is 0 Å². The molecule has 0 saturated heterocycles. The minimum atomic E-state index is 0.0718. The Balaban J connectivity index is 2.16. The number of halogens is 1. The first-order chi connectivity index (χ1) is 9.60. The van der Waals surface area contributed by atoms with Gasteiger partial charge in [0.25, 0.3) is 0 Å². The topological polar surface area (TPSA) is 26.3 Å². The first kappa shape index (κ1) is 15.1. The molecule has 0 N–H and O–H groups in total. The standard InChI is InChI=1S/C16H15BrO2S/c1-11(18)12-3-8-16(19-2)13(9-12)10-20-15-6-4-14(17)5-7-15/h3-9H,10H2,1-2H3. The van der Waals surface area contributed by atoms with Gasteiger partial charge in [-0.05, 0) is 49.4 Å². The van der Waals surface area contributed by atoms with Crippen LogP contribution in [0.5, 0.6) is 5.75 Å². The van der Waals surface area contributed by atoms with Gasteiger partial charge in [-0.1, -0.05) is 15.9 Å². The molecule has 104 valence electrons. The smallest absolute Gasteiger partial charge is 0.159 e. The van der Waals surface area contributed by atoms with Crippen LogP contribution in [-0.2, 0) is 5.75 Å². The monoisotopic (exact) mass is 350 g/mol. The number of carbonyl (C=O) groups excluding carboxylic acids is 1. The minimum absolute atomic E-state index is 0.0718. The van der Waals surface area contributed by atoms with Gasteiger partial charge in [0.1, 0.15) is 5.75 Å². The number of methoxy groups -OCH3 is 1. The second-order valence-electron chi connectivity index (χ2n) is 4.33. The minimum Gasteiger partial charge on any atom is -0.496 e. The van der Waals surface area contributed by atoms with Crippen LogP contribution in [-0.4, -0.2) is 12.9 Å². The lowest BCUT2D eigenvalue weighted by molar-refractivity contribution is 0.101. The number of carbonyl (C=O) groups is 1. The summed E-state index contributed by atoms with van der Waals surface area (Å²) in [7, 11) is 1.65. The lowest BCUT2D eigenvalue weighted by Gasteiger charge is -2.10. The van der Waals surface area contributed by atoms with Crippen molar-refractivity contribution in [2.45, 2.75) is 17.6 Å². The van der Waals surface area contributed by atoms with Crippen molar-refractivity contribution in [3.63, 3.8) is 0 Å². The molecular weight excluding hydrogens is 336 g/mol. The van der Waals surface area contributed by atoms with Crippen LogP contribution in [0.15, 0.2) is 51.8 Å². The Morgan fingerprint density at radius 3 is 2.50 bits per heavy atom. The predicted octanol–water partition coefficient (Wildman–Crippen LogP) is 4.95. The van der Waals surface area contributed by atoms with Crippen molar-refractivity contribution >= 4 is 33.5 Å². The Bertz CT molecular complexity index is 608. The van der Waals surface area contributed by atoms with Crippen LogP contribution in [0, 0.1) is 0 Å². The molecule has 0 heterocycles. The summed E-state index contributed by atoms with van der Waals surface area (Å²) < 4.78 is 6.42. The number of rotatable bonds is 5. The highest BCUT2D eigenvalue weighted by Gasteiger charge is 2.08. The lowest BCUT2D eigenvalue weighted by Crippen LogP contribution is -1.96. The fourth-order valence-corrected chi connectivity index (χ4v) is 2.94. The van der Waals surface area contributed by atoms with Gasteiger partial charge in [-0.2, -0.15) is 0 Å². The van der Waals surface area contributed by atoms with Gasteiger partial charge in [0.2, 0.25) is 0 Å². The molecule has 0 aliphatic heterocycles. The van der Waals surface area contributed by atoms with Crippen molar-refractivity contribution in [3.8, 4) is 5.75 Å². The molecule has 2 aromatic carbocycles. The van der Waals surface area contributed by atoms with E-state index in [9.17, 15) is 4.79 Å². The molecule has 0 aromatic heterocycles. The predicted molar refractivity (Wildman–Crippen MR) is 86.7 cm³/mol. The summed E-state index contributed by atoms with van der Waals surface area (Å²) in [5.74, 6) is 1.66. The van der Waals surface area contributed by atoms with E-state index in [2.05, 4.69) is 28.1 Å². The van der Waals surface area contributed by atoms with Crippen molar-refractivity contribution in [3.05, 3.63) is 58.1 Å². The molecule has 0 aliphatic rings. The molecule has 0 amide bonds. The zero-order valence-corrected chi connectivity index (χ0v) is 13.8. The summed E-state index contributed by atoms with van der Waals surface area (Å²) in [6.45, 7) is 1.58. The number of ether oxygens (including phenoxy) is 1. The average Bonchev–Trinajstić information content (AvgIpc) is 2.46. The Morgan fingerprint density at radius 1 is 1.20 bits per heavy atom. The lowest BCUT2D eigenvalue weighted by atomic mass is 10.1. The first-order valence-electron chi connectivity index (χ1n) is 6.16. The second-order valence-corrected chi connectivity index (χ2v) is 6.29. The third-order valence-corrected chi connectivity index (χ3v) is 4.48. The van der Waals surface area contributed by atoms with E-state index in [1.54, 1.807) is 31.9 Å². The molecule has 0 aliphatic carbocycles. The molecule has 0 bridgehead atoms. The van der Waals surface area contributed by atoms with Crippen molar-refractivity contribution in [1.29, 1.82) is 0 Å². The van der Waals surface area contributed by atoms with Gasteiger partial charge in [0.15, 0.2) is 5.78 Å². The molecule has 2 rings (SSSR count). The van der Waals surface area contributed by atoms with Crippen LogP contribution in [0.3, 0.4) is 0 Å². The van der Waals surface area contributed by atoms with E-state index in [4.69, 9.17) is 4.74 Å². The van der Waals surface area contributed by atoms with Gasteiger partial charge < -0.3 is 4.74 Å².